The summed E-state index contributed by atoms with van der Waals surface area (Å²) in [5, 5.41) is 18.7. The molecule has 25 heavy (non-hydrogen) atoms. The molecule has 1 aliphatic heterocycles. The zero-order chi connectivity index (χ0) is 17.6. The molecule has 0 aliphatic carbocycles. The van der Waals surface area contributed by atoms with E-state index in [0.29, 0.717) is 15.9 Å². The molecule has 3 aromatic rings. The van der Waals surface area contributed by atoms with Crippen LogP contribution in [-0.4, -0.2) is 10.2 Å². The lowest BCUT2D eigenvalue weighted by Gasteiger charge is -2.24. The van der Waals surface area contributed by atoms with Crippen LogP contribution in [0.2, 0.25) is 0 Å². The van der Waals surface area contributed by atoms with Crippen molar-refractivity contribution in [1.29, 1.82) is 5.26 Å². The Bertz CT molecular complexity index is 1040. The number of nitriles is 1. The lowest BCUT2D eigenvalue weighted by atomic mass is 9.84. The Balaban J connectivity index is 1.97. The fourth-order valence-electron chi connectivity index (χ4n) is 2.88. The molecule has 0 saturated heterocycles. The Labute approximate surface area is 154 Å². The number of allylic oxidation sites excluding steroid dienone is 1. The van der Waals surface area contributed by atoms with E-state index in [9.17, 15) is 9.65 Å². The third kappa shape index (κ3) is 2.52. The molecule has 3 N–H and O–H groups in total. The van der Waals surface area contributed by atoms with E-state index in [1.807, 2.05) is 17.5 Å². The molecule has 5 nitrogen and oxygen atoms in total. The first kappa shape index (κ1) is 15.9. The van der Waals surface area contributed by atoms with Crippen LogP contribution in [0.1, 0.15) is 17.0 Å². The number of nitrogens with zero attached hydrogens (tertiary/aromatic N) is 2. The van der Waals surface area contributed by atoms with Gasteiger partial charge in [-0.3, -0.25) is 5.10 Å². The number of aromatic nitrogens is 2. The molecule has 3 heterocycles. The Morgan fingerprint density at radius 1 is 1.40 bits per heavy atom. The molecule has 0 fully saturated rings. The van der Waals surface area contributed by atoms with Crippen molar-refractivity contribution < 1.29 is 9.13 Å². The van der Waals surface area contributed by atoms with Crippen LogP contribution in [0.25, 0.3) is 10.6 Å². The van der Waals surface area contributed by atoms with Crippen LogP contribution in [0.3, 0.4) is 0 Å². The van der Waals surface area contributed by atoms with Gasteiger partial charge in [0, 0.05) is 0 Å². The molecule has 1 atom stereocenters. The molecular weight excluding hydrogens is 407 g/mol. The highest BCUT2D eigenvalue weighted by atomic mass is 79.9. The first-order chi connectivity index (χ1) is 12.1. The van der Waals surface area contributed by atoms with Crippen molar-refractivity contribution in [3.63, 3.8) is 0 Å². The Morgan fingerprint density at radius 3 is 2.92 bits per heavy atom. The molecule has 124 valence electrons. The van der Waals surface area contributed by atoms with Crippen molar-refractivity contribution in [2.45, 2.75) is 5.92 Å². The summed E-state index contributed by atoms with van der Waals surface area (Å²) in [4.78, 5) is 0.960. The van der Waals surface area contributed by atoms with Crippen LogP contribution >= 0.6 is 27.3 Å². The van der Waals surface area contributed by atoms with Gasteiger partial charge >= 0.3 is 0 Å². The largest absolute Gasteiger partial charge is 0.420 e. The fourth-order valence-corrected chi connectivity index (χ4v) is 4.01. The van der Waals surface area contributed by atoms with E-state index >= 15 is 0 Å². The minimum Gasteiger partial charge on any atom is -0.420 e. The van der Waals surface area contributed by atoms with Gasteiger partial charge in [-0.25, -0.2) is 4.39 Å². The summed E-state index contributed by atoms with van der Waals surface area (Å²) >= 11 is 4.74. The quantitative estimate of drug-likeness (QED) is 0.653. The third-order valence-electron chi connectivity index (χ3n) is 3.98. The normalized spacial score (nSPS) is 16.3. The number of nitrogens with two attached hydrogens (primary N) is 1. The molecule has 2 aromatic heterocycles. The molecule has 8 heteroatoms. The number of benzene rings is 1. The van der Waals surface area contributed by atoms with Crippen molar-refractivity contribution in [2.75, 3.05) is 0 Å². The van der Waals surface area contributed by atoms with Gasteiger partial charge in [0.1, 0.15) is 17.5 Å². The summed E-state index contributed by atoms with van der Waals surface area (Å²) in [5.41, 5.74) is 8.39. The van der Waals surface area contributed by atoms with Gasteiger partial charge in [-0.1, -0.05) is 12.1 Å². The molecule has 0 amide bonds. The number of hydrogen-bond donors (Lipinski definition) is 2. The summed E-state index contributed by atoms with van der Waals surface area (Å²) in [5.74, 6) is -0.548. The van der Waals surface area contributed by atoms with Crippen molar-refractivity contribution in [2.24, 2.45) is 5.73 Å². The van der Waals surface area contributed by atoms with Gasteiger partial charge in [0.05, 0.1) is 26.5 Å². The van der Waals surface area contributed by atoms with Gasteiger partial charge in [0.25, 0.3) is 0 Å². The molecular formula is C17H10BrFN4OS. The maximum Gasteiger partial charge on any atom is 0.244 e. The first-order valence-electron chi connectivity index (χ1n) is 7.24. The second-order valence-electron chi connectivity index (χ2n) is 5.39. The molecule has 4 rings (SSSR count). The average molecular weight is 417 g/mol. The SMILES string of the molecule is N#CC1=C(N)Oc2n[nH]c(-c3cccs3)c2C1c1ccc(F)c(Br)c1. The van der Waals surface area contributed by atoms with Crippen molar-refractivity contribution in [3.05, 3.63) is 68.6 Å². The first-order valence-corrected chi connectivity index (χ1v) is 8.92. The molecule has 0 saturated carbocycles. The van der Waals surface area contributed by atoms with Crippen LogP contribution < -0.4 is 10.5 Å². The van der Waals surface area contributed by atoms with Gasteiger partial charge < -0.3 is 10.5 Å². The molecule has 0 radical (unpaired) electrons. The number of rotatable bonds is 2. The zero-order valence-electron chi connectivity index (χ0n) is 12.6. The Kier molecular flexibility index (Phi) is 3.82. The predicted octanol–water partition coefficient (Wildman–Crippen LogP) is 4.26. The summed E-state index contributed by atoms with van der Waals surface area (Å²) in [6.07, 6.45) is 0. The zero-order valence-corrected chi connectivity index (χ0v) is 15.0. The summed E-state index contributed by atoms with van der Waals surface area (Å²) < 4.78 is 19.5. The second-order valence-corrected chi connectivity index (χ2v) is 7.20. The van der Waals surface area contributed by atoms with E-state index in [4.69, 9.17) is 10.5 Å². The number of halogens is 2. The highest BCUT2D eigenvalue weighted by Gasteiger charge is 2.36. The average Bonchev–Trinajstić information content (AvgIpc) is 3.25. The Hall–Kier alpha value is -2.63. The number of hydrogen-bond acceptors (Lipinski definition) is 5. The van der Waals surface area contributed by atoms with Crippen LogP contribution in [0.15, 0.2) is 51.6 Å². The lowest BCUT2D eigenvalue weighted by Crippen LogP contribution is -2.21. The van der Waals surface area contributed by atoms with Crippen LogP contribution in [0.4, 0.5) is 4.39 Å². The van der Waals surface area contributed by atoms with Crippen molar-refractivity contribution >= 4 is 27.3 Å². The maximum atomic E-state index is 13.7. The smallest absolute Gasteiger partial charge is 0.244 e. The molecule has 0 spiro atoms. The van der Waals surface area contributed by atoms with Gasteiger partial charge in [0.2, 0.25) is 11.8 Å². The fraction of sp³-hybridized carbons (Fsp3) is 0.0588. The number of H-pyrrole nitrogens is 1. The second kappa shape index (κ2) is 6.02. The monoisotopic (exact) mass is 416 g/mol. The van der Waals surface area contributed by atoms with E-state index in [-0.39, 0.29) is 17.3 Å². The molecule has 1 aromatic carbocycles. The van der Waals surface area contributed by atoms with E-state index in [1.165, 1.54) is 17.4 Å². The lowest BCUT2D eigenvalue weighted by molar-refractivity contribution is 0.379. The van der Waals surface area contributed by atoms with Crippen LogP contribution in [-0.2, 0) is 0 Å². The highest BCUT2D eigenvalue weighted by Crippen LogP contribution is 2.46. The van der Waals surface area contributed by atoms with Gasteiger partial charge in [-0.2, -0.15) is 5.26 Å². The van der Waals surface area contributed by atoms with Gasteiger partial charge in [-0.15, -0.1) is 16.4 Å². The van der Waals surface area contributed by atoms with E-state index in [1.54, 1.807) is 12.1 Å². The standard InChI is InChI=1S/C17H10BrFN4OS/c18-10-6-8(3-4-11(10)19)13-9(7-20)16(21)24-17-14(13)15(22-23-17)12-2-1-5-25-12/h1-6,13H,21H2,(H,22,23). The van der Waals surface area contributed by atoms with E-state index in [0.717, 1.165) is 16.1 Å². The number of fused-ring (bicyclic) bond motifs is 1. The summed E-state index contributed by atoms with van der Waals surface area (Å²) in [7, 11) is 0. The van der Waals surface area contributed by atoms with E-state index in [2.05, 4.69) is 32.2 Å². The number of nitrogens with one attached hydrogen (secondary N) is 1. The topological polar surface area (TPSA) is 87.7 Å². The molecule has 0 bridgehead atoms. The molecule has 1 aliphatic rings. The van der Waals surface area contributed by atoms with Gasteiger partial charge in [-0.05, 0) is 45.1 Å². The number of ether oxygens (including phenoxy) is 1. The van der Waals surface area contributed by atoms with Crippen molar-refractivity contribution in [1.82, 2.24) is 10.2 Å². The van der Waals surface area contributed by atoms with Gasteiger partial charge in [0.15, 0.2) is 0 Å². The van der Waals surface area contributed by atoms with Crippen LogP contribution in [0.5, 0.6) is 5.88 Å². The summed E-state index contributed by atoms with van der Waals surface area (Å²) in [6, 6.07) is 10.6. The van der Waals surface area contributed by atoms with E-state index < -0.39 is 5.92 Å². The molecule has 1 unspecified atom stereocenters. The number of aromatic amines is 1. The minimum absolute atomic E-state index is 0.00433. The summed E-state index contributed by atoms with van der Waals surface area (Å²) in [6.45, 7) is 0. The highest BCUT2D eigenvalue weighted by molar-refractivity contribution is 9.10. The maximum absolute atomic E-state index is 13.7. The minimum atomic E-state index is -0.499. The third-order valence-corrected chi connectivity index (χ3v) is 5.48. The van der Waals surface area contributed by atoms with Crippen LogP contribution in [0, 0.1) is 17.1 Å². The number of thiophene rings is 1. The Morgan fingerprint density at radius 2 is 2.24 bits per heavy atom. The van der Waals surface area contributed by atoms with Crippen molar-refractivity contribution in [3.8, 4) is 22.5 Å². The predicted molar refractivity (Wildman–Crippen MR) is 95.3 cm³/mol.